The highest BCUT2D eigenvalue weighted by molar-refractivity contribution is 7.22. The number of nitrogens with zero attached hydrogens (tertiary/aromatic N) is 6. The lowest BCUT2D eigenvalue weighted by Gasteiger charge is -2.36. The van der Waals surface area contributed by atoms with Gasteiger partial charge in [-0.05, 0) is 18.2 Å². The van der Waals surface area contributed by atoms with Crippen molar-refractivity contribution in [1.29, 1.82) is 0 Å². The Bertz CT molecular complexity index is 885. The summed E-state index contributed by atoms with van der Waals surface area (Å²) < 4.78 is 1.20. The molecule has 2 aromatic heterocycles. The van der Waals surface area contributed by atoms with E-state index in [0.717, 1.165) is 61.8 Å². The molecule has 1 aliphatic rings. The van der Waals surface area contributed by atoms with E-state index in [1.807, 2.05) is 31.3 Å². The predicted octanol–water partition coefficient (Wildman–Crippen LogP) is 1.90. The molecule has 8 nitrogen and oxygen atoms in total. The van der Waals surface area contributed by atoms with Gasteiger partial charge in [-0.25, -0.2) is 15.0 Å². The number of hydrogen-bond donors (Lipinski definition) is 2. The largest absolute Gasteiger partial charge is 0.360 e. The fourth-order valence-electron chi connectivity index (χ4n) is 3.20. The van der Waals surface area contributed by atoms with Crippen LogP contribution in [-0.4, -0.2) is 72.1 Å². The highest BCUT2D eigenvalue weighted by Crippen LogP contribution is 2.24. The highest BCUT2D eigenvalue weighted by atomic mass is 32.1. The summed E-state index contributed by atoms with van der Waals surface area (Å²) in [6.45, 7) is 5.12. The van der Waals surface area contributed by atoms with Crippen LogP contribution in [0.5, 0.6) is 0 Å². The summed E-state index contributed by atoms with van der Waals surface area (Å²) in [7, 11) is 1.83. The molecule has 0 atom stereocenters. The fraction of sp³-hybridized carbons (Fsp3) is 0.368. The maximum Gasteiger partial charge on any atom is 0.225 e. The molecule has 1 fully saturated rings. The summed E-state index contributed by atoms with van der Waals surface area (Å²) in [6, 6.07) is 10.0. The average Bonchev–Trinajstić information content (AvgIpc) is 3.17. The van der Waals surface area contributed by atoms with Gasteiger partial charge in [0.05, 0.1) is 10.2 Å². The van der Waals surface area contributed by atoms with Gasteiger partial charge in [0.25, 0.3) is 0 Å². The van der Waals surface area contributed by atoms with Gasteiger partial charge in [0, 0.05) is 58.7 Å². The minimum Gasteiger partial charge on any atom is -0.360 e. The lowest BCUT2D eigenvalue weighted by atomic mass is 10.3. The molecular formula is C19H24N8S. The van der Waals surface area contributed by atoms with Gasteiger partial charge in [0.1, 0.15) is 0 Å². The van der Waals surface area contributed by atoms with Gasteiger partial charge < -0.3 is 20.4 Å². The Kier molecular flexibility index (Phi) is 5.81. The first-order chi connectivity index (χ1) is 13.8. The lowest BCUT2D eigenvalue weighted by molar-refractivity contribution is 0.371. The van der Waals surface area contributed by atoms with Crippen molar-refractivity contribution in [2.75, 3.05) is 56.5 Å². The Morgan fingerprint density at radius 2 is 1.86 bits per heavy atom. The number of piperazine rings is 1. The first-order valence-electron chi connectivity index (χ1n) is 9.40. The number of guanidine groups is 1. The molecule has 0 bridgehead atoms. The number of anilines is 2. The second-order valence-corrected chi connectivity index (χ2v) is 7.44. The molecular weight excluding hydrogens is 372 g/mol. The number of aliphatic imine (C=N–C) groups is 1. The third-order valence-corrected chi connectivity index (χ3v) is 5.60. The van der Waals surface area contributed by atoms with Gasteiger partial charge in [-0.1, -0.05) is 23.5 Å². The van der Waals surface area contributed by atoms with Crippen LogP contribution in [0.15, 0.2) is 47.7 Å². The van der Waals surface area contributed by atoms with Crippen molar-refractivity contribution in [2.24, 2.45) is 4.99 Å². The van der Waals surface area contributed by atoms with E-state index in [9.17, 15) is 0 Å². The van der Waals surface area contributed by atoms with Crippen LogP contribution in [0.25, 0.3) is 10.2 Å². The molecule has 4 rings (SSSR count). The molecule has 0 aliphatic carbocycles. The summed E-state index contributed by atoms with van der Waals surface area (Å²) in [6.07, 6.45) is 3.57. The first-order valence-corrected chi connectivity index (χ1v) is 10.2. The van der Waals surface area contributed by atoms with Crippen LogP contribution in [0.2, 0.25) is 0 Å². The maximum atomic E-state index is 4.60. The van der Waals surface area contributed by atoms with Crippen molar-refractivity contribution in [3.8, 4) is 0 Å². The van der Waals surface area contributed by atoms with E-state index >= 15 is 0 Å². The number of aromatic nitrogens is 3. The number of nitrogens with one attached hydrogen (secondary N) is 2. The van der Waals surface area contributed by atoms with Crippen molar-refractivity contribution in [2.45, 2.75) is 0 Å². The number of fused-ring (bicyclic) bond motifs is 1. The van der Waals surface area contributed by atoms with E-state index in [1.54, 1.807) is 23.7 Å². The fourth-order valence-corrected chi connectivity index (χ4v) is 4.09. The third kappa shape index (κ3) is 4.30. The zero-order valence-corrected chi connectivity index (χ0v) is 16.7. The summed E-state index contributed by atoms with van der Waals surface area (Å²) in [4.78, 5) is 22.2. The third-order valence-electron chi connectivity index (χ3n) is 4.60. The van der Waals surface area contributed by atoms with Crippen molar-refractivity contribution in [3.63, 3.8) is 0 Å². The molecule has 2 N–H and O–H groups in total. The number of para-hydroxylation sites is 1. The molecule has 0 saturated carbocycles. The summed E-state index contributed by atoms with van der Waals surface area (Å²) >= 11 is 1.68. The summed E-state index contributed by atoms with van der Waals surface area (Å²) in [5.74, 6) is 1.73. The Morgan fingerprint density at radius 1 is 1.07 bits per heavy atom. The van der Waals surface area contributed by atoms with Crippen molar-refractivity contribution in [3.05, 3.63) is 42.7 Å². The Balaban J connectivity index is 1.23. The van der Waals surface area contributed by atoms with E-state index < -0.39 is 0 Å². The second-order valence-electron chi connectivity index (χ2n) is 6.41. The zero-order valence-electron chi connectivity index (χ0n) is 15.9. The predicted molar refractivity (Wildman–Crippen MR) is 115 cm³/mol. The van der Waals surface area contributed by atoms with Crippen molar-refractivity contribution < 1.29 is 0 Å². The van der Waals surface area contributed by atoms with Gasteiger partial charge in [-0.15, -0.1) is 0 Å². The van der Waals surface area contributed by atoms with E-state index in [1.165, 1.54) is 4.70 Å². The molecule has 9 heteroatoms. The number of rotatable bonds is 5. The van der Waals surface area contributed by atoms with Crippen LogP contribution in [0.3, 0.4) is 0 Å². The topological polar surface area (TPSA) is 81.6 Å². The highest BCUT2D eigenvalue weighted by Gasteiger charge is 2.20. The monoisotopic (exact) mass is 396 g/mol. The van der Waals surface area contributed by atoms with E-state index in [4.69, 9.17) is 0 Å². The standard InChI is InChI=1S/C19H24N8S/c1-20-17(26-11-13-27(14-12-26)18-21-7-4-8-22-18)23-9-10-24-19-25-15-5-2-3-6-16(15)28-19/h2-8H,9-14H2,1H3,(H,20,23)(H,24,25). The molecule has 0 unspecified atom stereocenters. The number of hydrogen-bond acceptors (Lipinski definition) is 7. The molecule has 28 heavy (non-hydrogen) atoms. The number of benzene rings is 1. The average molecular weight is 397 g/mol. The van der Waals surface area contributed by atoms with E-state index in [-0.39, 0.29) is 0 Å². The van der Waals surface area contributed by atoms with Crippen molar-refractivity contribution >= 4 is 38.6 Å². The molecule has 1 aliphatic heterocycles. The summed E-state index contributed by atoms with van der Waals surface area (Å²) in [5.41, 5.74) is 1.04. The van der Waals surface area contributed by atoms with Crippen LogP contribution in [-0.2, 0) is 0 Å². The van der Waals surface area contributed by atoms with Gasteiger partial charge in [-0.3, -0.25) is 4.99 Å². The second kappa shape index (κ2) is 8.83. The quantitative estimate of drug-likeness (QED) is 0.387. The normalized spacial score (nSPS) is 15.1. The van der Waals surface area contributed by atoms with Crippen LogP contribution >= 0.6 is 11.3 Å². The van der Waals surface area contributed by atoms with Gasteiger partial charge in [0.15, 0.2) is 11.1 Å². The Labute approximate surface area is 168 Å². The van der Waals surface area contributed by atoms with Crippen LogP contribution in [0.1, 0.15) is 0 Å². The van der Waals surface area contributed by atoms with Crippen LogP contribution < -0.4 is 15.5 Å². The Hall–Kier alpha value is -2.94. The first kappa shape index (κ1) is 18.4. The molecule has 0 amide bonds. The van der Waals surface area contributed by atoms with Gasteiger partial charge in [0.2, 0.25) is 5.95 Å². The molecule has 0 spiro atoms. The lowest BCUT2D eigenvalue weighted by Crippen LogP contribution is -2.53. The zero-order chi connectivity index (χ0) is 19.2. The van der Waals surface area contributed by atoms with E-state index in [0.29, 0.717) is 0 Å². The van der Waals surface area contributed by atoms with Gasteiger partial charge >= 0.3 is 0 Å². The van der Waals surface area contributed by atoms with Crippen LogP contribution in [0.4, 0.5) is 11.1 Å². The molecule has 3 heterocycles. The molecule has 146 valence electrons. The van der Waals surface area contributed by atoms with Crippen molar-refractivity contribution in [1.82, 2.24) is 25.2 Å². The van der Waals surface area contributed by atoms with E-state index in [2.05, 4.69) is 46.4 Å². The molecule has 0 radical (unpaired) electrons. The summed E-state index contributed by atoms with van der Waals surface area (Å²) in [5, 5.41) is 7.78. The minimum atomic E-state index is 0.782. The maximum absolute atomic E-state index is 4.60. The molecule has 1 saturated heterocycles. The molecule has 1 aromatic carbocycles. The van der Waals surface area contributed by atoms with Crippen LogP contribution in [0, 0.1) is 0 Å². The smallest absolute Gasteiger partial charge is 0.225 e. The minimum absolute atomic E-state index is 0.782. The SMILES string of the molecule is CN=C(NCCNc1nc2ccccc2s1)N1CCN(c2ncccn2)CC1. The number of thiazole rings is 1. The molecule has 3 aromatic rings. The Morgan fingerprint density at radius 3 is 2.61 bits per heavy atom. The van der Waals surface area contributed by atoms with Gasteiger partial charge in [-0.2, -0.15) is 0 Å².